The van der Waals surface area contributed by atoms with Crippen LogP contribution in [0.15, 0.2) is 30.5 Å². The van der Waals surface area contributed by atoms with Crippen molar-refractivity contribution in [2.24, 2.45) is 5.73 Å². The molecule has 0 unspecified atom stereocenters. The Hall–Kier alpha value is -1.28. The zero-order valence-electron chi connectivity index (χ0n) is 8.74. The molecular weight excluding hydrogens is 184 g/mol. The molecule has 2 aromatic rings. The summed E-state index contributed by atoms with van der Waals surface area (Å²) in [6, 6.07) is 9.10. The monoisotopic (exact) mass is 200 g/mol. The van der Waals surface area contributed by atoms with Crippen LogP contribution in [0.25, 0.3) is 10.9 Å². The van der Waals surface area contributed by atoms with E-state index in [1.807, 2.05) is 6.20 Å². The van der Waals surface area contributed by atoms with Crippen molar-refractivity contribution in [2.75, 3.05) is 0 Å². The molecule has 2 nitrogen and oxygen atoms in total. The fraction of sp³-hybridized carbons (Fsp3) is 0.385. The first kappa shape index (κ1) is 8.98. The minimum absolute atomic E-state index is 0.407. The van der Waals surface area contributed by atoms with Crippen LogP contribution in [0.4, 0.5) is 0 Å². The van der Waals surface area contributed by atoms with Crippen molar-refractivity contribution >= 4 is 10.9 Å². The highest BCUT2D eigenvalue weighted by Crippen LogP contribution is 2.36. The van der Waals surface area contributed by atoms with Gasteiger partial charge in [0.1, 0.15) is 0 Å². The van der Waals surface area contributed by atoms with Gasteiger partial charge in [0.2, 0.25) is 0 Å². The van der Waals surface area contributed by atoms with Crippen molar-refractivity contribution in [3.63, 3.8) is 0 Å². The van der Waals surface area contributed by atoms with Gasteiger partial charge in [-0.25, -0.2) is 0 Å². The molecule has 0 spiro atoms. The van der Waals surface area contributed by atoms with Crippen LogP contribution in [0.3, 0.4) is 0 Å². The van der Waals surface area contributed by atoms with E-state index >= 15 is 0 Å². The highest BCUT2D eigenvalue weighted by molar-refractivity contribution is 5.83. The van der Waals surface area contributed by atoms with Crippen LogP contribution < -0.4 is 5.73 Å². The Morgan fingerprint density at radius 3 is 2.93 bits per heavy atom. The zero-order valence-corrected chi connectivity index (χ0v) is 8.74. The fourth-order valence-corrected chi connectivity index (χ4v) is 2.76. The van der Waals surface area contributed by atoms with Gasteiger partial charge in [-0.3, -0.25) is 0 Å². The molecule has 1 saturated carbocycles. The summed E-state index contributed by atoms with van der Waals surface area (Å²) in [6.07, 6.45) is 5.57. The maximum Gasteiger partial charge on any atom is 0.0456 e. The van der Waals surface area contributed by atoms with Gasteiger partial charge in [-0.2, -0.15) is 0 Å². The van der Waals surface area contributed by atoms with E-state index in [1.54, 1.807) is 0 Å². The Balaban J connectivity index is 2.06. The predicted molar refractivity (Wildman–Crippen MR) is 62.9 cm³/mol. The molecule has 0 bridgehead atoms. The number of hydrogen-bond donors (Lipinski definition) is 2. The first-order chi connectivity index (χ1) is 7.34. The molecule has 1 aliphatic rings. The summed E-state index contributed by atoms with van der Waals surface area (Å²) in [5, 5.41) is 1.37. The number of rotatable bonds is 1. The predicted octanol–water partition coefficient (Wildman–Crippen LogP) is 2.76. The van der Waals surface area contributed by atoms with E-state index in [4.69, 9.17) is 5.73 Å². The molecule has 1 heterocycles. The Morgan fingerprint density at radius 2 is 2.13 bits per heavy atom. The molecule has 1 aromatic heterocycles. The second-order valence-corrected chi connectivity index (χ2v) is 4.56. The average Bonchev–Trinajstić information content (AvgIpc) is 2.84. The standard InChI is InChI=1S/C13H16N2/c14-10-5-4-9(8-10)11-2-1-3-13-12(11)6-7-15-13/h1-3,6-7,9-10,15H,4-5,8,14H2/t9-,10-/m0/s1. The fourth-order valence-electron chi connectivity index (χ4n) is 2.76. The number of aromatic amines is 1. The van der Waals surface area contributed by atoms with E-state index in [0.29, 0.717) is 12.0 Å². The Bertz CT molecular complexity index is 472. The van der Waals surface area contributed by atoms with Gasteiger partial charge in [0.15, 0.2) is 0 Å². The smallest absolute Gasteiger partial charge is 0.0456 e. The lowest BCUT2D eigenvalue weighted by Crippen LogP contribution is -2.14. The van der Waals surface area contributed by atoms with Crippen LogP contribution in [0.1, 0.15) is 30.7 Å². The molecule has 2 atom stereocenters. The second-order valence-electron chi connectivity index (χ2n) is 4.56. The summed E-state index contributed by atoms with van der Waals surface area (Å²) in [5.74, 6) is 0.666. The molecule has 0 amide bonds. The number of benzene rings is 1. The first-order valence-electron chi connectivity index (χ1n) is 5.66. The number of aromatic nitrogens is 1. The molecule has 3 rings (SSSR count). The summed E-state index contributed by atoms with van der Waals surface area (Å²) < 4.78 is 0. The SMILES string of the molecule is N[C@H]1CC[C@H](c2cccc3[nH]ccc23)C1. The van der Waals surface area contributed by atoms with Crippen LogP contribution >= 0.6 is 0 Å². The number of fused-ring (bicyclic) bond motifs is 1. The van der Waals surface area contributed by atoms with Crippen LogP contribution in [0.2, 0.25) is 0 Å². The van der Waals surface area contributed by atoms with E-state index < -0.39 is 0 Å². The van der Waals surface area contributed by atoms with Crippen molar-refractivity contribution in [3.05, 3.63) is 36.0 Å². The topological polar surface area (TPSA) is 41.8 Å². The van der Waals surface area contributed by atoms with Crippen LogP contribution in [0, 0.1) is 0 Å². The second kappa shape index (κ2) is 3.38. The summed E-state index contributed by atoms with van der Waals surface area (Å²) in [5.41, 5.74) is 8.69. The largest absolute Gasteiger partial charge is 0.361 e. The number of nitrogens with two attached hydrogens (primary N) is 1. The molecule has 2 heteroatoms. The number of nitrogens with one attached hydrogen (secondary N) is 1. The minimum atomic E-state index is 0.407. The molecule has 1 aliphatic carbocycles. The Kier molecular flexibility index (Phi) is 2.03. The third-order valence-corrected chi connectivity index (χ3v) is 3.54. The molecule has 0 aliphatic heterocycles. The van der Waals surface area contributed by atoms with Crippen molar-refractivity contribution in [3.8, 4) is 0 Å². The van der Waals surface area contributed by atoms with Crippen LogP contribution in [-0.2, 0) is 0 Å². The van der Waals surface area contributed by atoms with Gasteiger partial charge >= 0.3 is 0 Å². The highest BCUT2D eigenvalue weighted by Gasteiger charge is 2.24. The lowest BCUT2D eigenvalue weighted by Gasteiger charge is -2.11. The molecule has 0 radical (unpaired) electrons. The molecule has 0 saturated heterocycles. The normalized spacial score (nSPS) is 26.2. The van der Waals surface area contributed by atoms with Crippen LogP contribution in [-0.4, -0.2) is 11.0 Å². The van der Waals surface area contributed by atoms with Crippen molar-refractivity contribution in [1.29, 1.82) is 0 Å². The summed E-state index contributed by atoms with van der Waals surface area (Å²) in [6.45, 7) is 0. The summed E-state index contributed by atoms with van der Waals surface area (Å²) >= 11 is 0. The van der Waals surface area contributed by atoms with Gasteiger partial charge in [-0.05, 0) is 42.9 Å². The third kappa shape index (κ3) is 1.45. The van der Waals surface area contributed by atoms with Gasteiger partial charge in [0, 0.05) is 23.1 Å². The van der Waals surface area contributed by atoms with Gasteiger partial charge < -0.3 is 10.7 Å². The summed E-state index contributed by atoms with van der Waals surface area (Å²) in [7, 11) is 0. The highest BCUT2D eigenvalue weighted by atomic mass is 14.7. The Labute approximate surface area is 89.5 Å². The summed E-state index contributed by atoms with van der Waals surface area (Å²) in [4.78, 5) is 3.26. The van der Waals surface area contributed by atoms with Gasteiger partial charge in [0.05, 0.1) is 0 Å². The average molecular weight is 200 g/mol. The van der Waals surface area contributed by atoms with Gasteiger partial charge in [-0.15, -0.1) is 0 Å². The van der Waals surface area contributed by atoms with E-state index in [0.717, 1.165) is 6.42 Å². The molecule has 1 aromatic carbocycles. The van der Waals surface area contributed by atoms with Crippen molar-refractivity contribution in [2.45, 2.75) is 31.2 Å². The number of hydrogen-bond acceptors (Lipinski definition) is 1. The molecule has 78 valence electrons. The lowest BCUT2D eigenvalue weighted by molar-refractivity contribution is 0.677. The number of H-pyrrole nitrogens is 1. The van der Waals surface area contributed by atoms with E-state index in [-0.39, 0.29) is 0 Å². The maximum absolute atomic E-state index is 5.97. The third-order valence-electron chi connectivity index (χ3n) is 3.54. The molecule has 3 N–H and O–H groups in total. The molecular formula is C13H16N2. The Morgan fingerprint density at radius 1 is 1.20 bits per heavy atom. The van der Waals surface area contributed by atoms with Gasteiger partial charge in [-0.1, -0.05) is 12.1 Å². The van der Waals surface area contributed by atoms with Crippen LogP contribution in [0.5, 0.6) is 0 Å². The lowest BCUT2D eigenvalue weighted by atomic mass is 9.94. The van der Waals surface area contributed by atoms with E-state index in [2.05, 4.69) is 29.2 Å². The van der Waals surface area contributed by atoms with E-state index in [1.165, 1.54) is 29.3 Å². The first-order valence-corrected chi connectivity index (χ1v) is 5.66. The quantitative estimate of drug-likeness (QED) is 0.730. The zero-order chi connectivity index (χ0) is 10.3. The maximum atomic E-state index is 5.97. The van der Waals surface area contributed by atoms with E-state index in [9.17, 15) is 0 Å². The van der Waals surface area contributed by atoms with Crippen molar-refractivity contribution < 1.29 is 0 Å². The van der Waals surface area contributed by atoms with Gasteiger partial charge in [0.25, 0.3) is 0 Å². The van der Waals surface area contributed by atoms with Crippen molar-refractivity contribution in [1.82, 2.24) is 4.98 Å². The minimum Gasteiger partial charge on any atom is -0.361 e. The molecule has 1 fully saturated rings. The molecule has 15 heavy (non-hydrogen) atoms.